The molecule has 0 bridgehead atoms. The molecule has 1 saturated carbocycles. The van der Waals surface area contributed by atoms with E-state index in [0.717, 1.165) is 12.8 Å². The number of hydrogen-bond donors (Lipinski definition) is 1. The van der Waals surface area contributed by atoms with Gasteiger partial charge in [-0.15, -0.1) is 0 Å². The fourth-order valence-electron chi connectivity index (χ4n) is 1.89. The molecule has 1 aliphatic carbocycles. The molecule has 0 atom stereocenters. The molecule has 0 aliphatic heterocycles. The summed E-state index contributed by atoms with van der Waals surface area (Å²) in [4.78, 5) is 14.4. The van der Waals surface area contributed by atoms with Gasteiger partial charge in [0.1, 0.15) is 5.82 Å². The van der Waals surface area contributed by atoms with Crippen molar-refractivity contribution in [1.29, 1.82) is 0 Å². The van der Waals surface area contributed by atoms with E-state index < -0.39 is 5.82 Å². The van der Waals surface area contributed by atoms with Crippen LogP contribution in [-0.2, 0) is 0 Å². The lowest BCUT2D eigenvalue weighted by Crippen LogP contribution is -2.36. The van der Waals surface area contributed by atoms with Crippen LogP contribution in [0.5, 0.6) is 0 Å². The Kier molecular flexibility index (Phi) is 4.52. The van der Waals surface area contributed by atoms with E-state index in [1.165, 1.54) is 6.07 Å². The molecule has 1 amide bonds. The van der Waals surface area contributed by atoms with E-state index in [1.807, 2.05) is 0 Å². The second kappa shape index (κ2) is 5.96. The number of nitrogens with zero attached hydrogens (tertiary/aromatic N) is 1. The largest absolute Gasteiger partial charge is 0.393 e. The molecule has 0 saturated heterocycles. The van der Waals surface area contributed by atoms with Crippen LogP contribution in [0.1, 0.15) is 29.6 Å². The molecule has 3 nitrogen and oxygen atoms in total. The predicted molar refractivity (Wildman–Crippen MR) is 79.6 cm³/mol. The second-order valence-corrected chi connectivity index (χ2v) is 5.93. The molecular weight excluding hydrogens is 331 g/mol. The maximum Gasteiger partial charge on any atom is 0.257 e. The van der Waals surface area contributed by atoms with Crippen molar-refractivity contribution in [3.8, 4) is 0 Å². The smallest absolute Gasteiger partial charge is 0.257 e. The molecule has 0 unspecified atom stereocenters. The van der Waals surface area contributed by atoms with E-state index in [9.17, 15) is 9.18 Å². The van der Waals surface area contributed by atoms with E-state index in [2.05, 4.69) is 15.9 Å². The molecule has 0 spiro atoms. The Bertz CT molecular complexity index is 519. The summed E-state index contributed by atoms with van der Waals surface area (Å²) in [5, 5.41) is 0. The summed E-state index contributed by atoms with van der Waals surface area (Å²) in [5.74, 6) is -0.814. The summed E-state index contributed by atoms with van der Waals surface area (Å²) in [6.07, 6.45) is 2.38. The number of hydrogen-bond acceptors (Lipinski definition) is 2. The van der Waals surface area contributed by atoms with Crippen molar-refractivity contribution in [1.82, 2.24) is 4.90 Å². The number of benzene rings is 1. The molecular formula is C13H14BrFN2OS. The van der Waals surface area contributed by atoms with Gasteiger partial charge in [-0.2, -0.15) is 0 Å². The van der Waals surface area contributed by atoms with Crippen LogP contribution in [0.2, 0.25) is 0 Å². The van der Waals surface area contributed by atoms with Gasteiger partial charge in [-0.05, 0) is 40.9 Å². The number of thiocarbonyl (C=S) groups is 1. The Labute approximate surface area is 125 Å². The summed E-state index contributed by atoms with van der Waals surface area (Å²) in [5.41, 5.74) is 5.55. The van der Waals surface area contributed by atoms with Gasteiger partial charge in [0.2, 0.25) is 0 Å². The highest BCUT2D eigenvalue weighted by Gasteiger charge is 2.33. The fourth-order valence-corrected chi connectivity index (χ4v) is 2.35. The third-order valence-electron chi connectivity index (χ3n) is 3.03. The molecule has 0 heterocycles. The van der Waals surface area contributed by atoms with E-state index in [0.29, 0.717) is 22.4 Å². The fraction of sp³-hybridized carbons (Fsp3) is 0.385. The standard InChI is InChI=1S/C13H14BrFN2OS/c14-10-3-1-2-9(12(10)15)13(18)17(8-4-5-8)7-6-11(16)19/h1-3,8H,4-7H2,(H2,16,19). The third kappa shape index (κ3) is 3.51. The quantitative estimate of drug-likeness (QED) is 0.835. The van der Waals surface area contributed by atoms with Gasteiger partial charge in [0, 0.05) is 19.0 Å². The topological polar surface area (TPSA) is 46.3 Å². The van der Waals surface area contributed by atoms with Gasteiger partial charge in [0.05, 0.1) is 15.0 Å². The highest BCUT2D eigenvalue weighted by Crippen LogP contribution is 2.29. The molecule has 0 aromatic heterocycles. The Morgan fingerprint density at radius 3 is 2.79 bits per heavy atom. The number of amides is 1. The molecule has 2 N–H and O–H groups in total. The highest BCUT2D eigenvalue weighted by molar-refractivity contribution is 9.10. The van der Waals surface area contributed by atoms with Crippen molar-refractivity contribution in [3.05, 3.63) is 34.1 Å². The Morgan fingerprint density at radius 1 is 1.53 bits per heavy atom. The number of carbonyl (C=O) groups excluding carboxylic acids is 1. The van der Waals surface area contributed by atoms with Gasteiger partial charge in [-0.3, -0.25) is 4.79 Å². The first kappa shape index (κ1) is 14.4. The average molecular weight is 345 g/mol. The predicted octanol–water partition coefficient (Wildman–Crippen LogP) is 2.87. The summed E-state index contributed by atoms with van der Waals surface area (Å²) >= 11 is 7.92. The number of nitrogens with two attached hydrogens (primary N) is 1. The van der Waals surface area contributed by atoms with Crippen LogP contribution in [0, 0.1) is 5.82 Å². The summed E-state index contributed by atoms with van der Waals surface area (Å²) in [6.45, 7) is 0.449. The van der Waals surface area contributed by atoms with Crippen molar-refractivity contribution in [2.24, 2.45) is 5.73 Å². The van der Waals surface area contributed by atoms with E-state index in [-0.39, 0.29) is 17.5 Å². The monoisotopic (exact) mass is 344 g/mol. The highest BCUT2D eigenvalue weighted by atomic mass is 79.9. The lowest BCUT2D eigenvalue weighted by Gasteiger charge is -2.22. The van der Waals surface area contributed by atoms with E-state index >= 15 is 0 Å². The molecule has 1 aliphatic rings. The van der Waals surface area contributed by atoms with E-state index in [4.69, 9.17) is 18.0 Å². The van der Waals surface area contributed by atoms with Crippen molar-refractivity contribution >= 4 is 39.0 Å². The minimum Gasteiger partial charge on any atom is -0.393 e. The zero-order valence-corrected chi connectivity index (χ0v) is 12.6. The van der Waals surface area contributed by atoms with Crippen molar-refractivity contribution in [2.75, 3.05) is 6.54 Å². The van der Waals surface area contributed by atoms with Crippen LogP contribution in [0.3, 0.4) is 0 Å². The summed E-state index contributed by atoms with van der Waals surface area (Å²) < 4.78 is 14.2. The van der Waals surface area contributed by atoms with Gasteiger partial charge in [-0.1, -0.05) is 18.3 Å². The van der Waals surface area contributed by atoms with Crippen LogP contribution in [0.4, 0.5) is 4.39 Å². The molecule has 1 aromatic carbocycles. The third-order valence-corrected chi connectivity index (χ3v) is 3.85. The van der Waals surface area contributed by atoms with Crippen molar-refractivity contribution in [2.45, 2.75) is 25.3 Å². The zero-order chi connectivity index (χ0) is 14.0. The lowest BCUT2D eigenvalue weighted by molar-refractivity contribution is 0.0743. The van der Waals surface area contributed by atoms with Gasteiger partial charge in [0.25, 0.3) is 5.91 Å². The molecule has 0 radical (unpaired) electrons. The molecule has 1 aromatic rings. The molecule has 2 rings (SSSR count). The summed E-state index contributed by atoms with van der Waals surface area (Å²) in [6, 6.07) is 4.92. The Hall–Kier alpha value is -1.01. The molecule has 6 heteroatoms. The number of rotatable bonds is 5. The van der Waals surface area contributed by atoms with Gasteiger partial charge >= 0.3 is 0 Å². The molecule has 19 heavy (non-hydrogen) atoms. The first-order chi connectivity index (χ1) is 9.00. The first-order valence-corrected chi connectivity index (χ1v) is 7.24. The van der Waals surface area contributed by atoms with Crippen molar-refractivity contribution < 1.29 is 9.18 Å². The minimum atomic E-state index is -0.520. The SMILES string of the molecule is NC(=S)CCN(C(=O)c1cccc(Br)c1F)C1CC1. The normalized spacial score (nSPS) is 14.2. The average Bonchev–Trinajstić information content (AvgIpc) is 3.17. The summed E-state index contributed by atoms with van der Waals surface area (Å²) in [7, 11) is 0. The van der Waals surface area contributed by atoms with E-state index in [1.54, 1.807) is 17.0 Å². The van der Waals surface area contributed by atoms with Gasteiger partial charge < -0.3 is 10.6 Å². The van der Waals surface area contributed by atoms with Crippen LogP contribution >= 0.6 is 28.1 Å². The number of carbonyl (C=O) groups is 1. The maximum atomic E-state index is 14.0. The van der Waals surface area contributed by atoms with Gasteiger partial charge in [-0.25, -0.2) is 4.39 Å². The molecule has 1 fully saturated rings. The zero-order valence-electron chi connectivity index (χ0n) is 10.2. The molecule has 102 valence electrons. The van der Waals surface area contributed by atoms with Crippen LogP contribution in [0.15, 0.2) is 22.7 Å². The van der Waals surface area contributed by atoms with Crippen LogP contribution in [0.25, 0.3) is 0 Å². The second-order valence-electron chi connectivity index (χ2n) is 4.55. The Morgan fingerprint density at radius 2 is 2.21 bits per heavy atom. The van der Waals surface area contributed by atoms with Gasteiger partial charge in [0.15, 0.2) is 0 Å². The first-order valence-electron chi connectivity index (χ1n) is 6.04. The minimum absolute atomic E-state index is 0.0872. The van der Waals surface area contributed by atoms with Crippen molar-refractivity contribution in [3.63, 3.8) is 0 Å². The maximum absolute atomic E-state index is 14.0. The Balaban J connectivity index is 2.19. The number of halogens is 2. The van der Waals surface area contributed by atoms with Crippen LogP contribution < -0.4 is 5.73 Å². The lowest BCUT2D eigenvalue weighted by atomic mass is 10.1. The van der Waals surface area contributed by atoms with Crippen LogP contribution in [-0.4, -0.2) is 28.4 Å².